The fraction of sp³-hybridized carbons (Fsp3) is 0.545. The van der Waals surface area contributed by atoms with E-state index in [4.69, 9.17) is 4.55 Å². The Bertz CT molecular complexity index is 788. The van der Waals surface area contributed by atoms with E-state index in [1.54, 1.807) is 6.92 Å². The van der Waals surface area contributed by atoms with Crippen LogP contribution in [0.4, 0.5) is 5.69 Å². The standard InChI is InChI=1S/C22H34N2O5S/c1-18(2)22(26)23-17-11-9-7-5-3-4-6-8-10-12-21(25)24-19-13-15-20(16-14-19)30(27,28)29/h13-16H,1,3-12,17H2,2H3,(H,23,26)(H,24,25)(H,27,28,29). The normalized spacial score (nSPS) is 11.1. The van der Waals surface area contributed by atoms with Crippen LogP contribution in [0, 0.1) is 0 Å². The van der Waals surface area contributed by atoms with Crippen LogP contribution in [0.2, 0.25) is 0 Å². The molecule has 0 saturated heterocycles. The maximum Gasteiger partial charge on any atom is 0.294 e. The summed E-state index contributed by atoms with van der Waals surface area (Å²) in [4.78, 5) is 23.0. The van der Waals surface area contributed by atoms with Crippen molar-refractivity contribution in [3.05, 3.63) is 36.4 Å². The Balaban J connectivity index is 1.98. The van der Waals surface area contributed by atoms with Crippen molar-refractivity contribution in [3.63, 3.8) is 0 Å². The predicted molar refractivity (Wildman–Crippen MR) is 119 cm³/mol. The largest absolute Gasteiger partial charge is 0.352 e. The van der Waals surface area contributed by atoms with Crippen LogP contribution in [0.25, 0.3) is 0 Å². The number of unbranched alkanes of at least 4 members (excludes halogenated alkanes) is 8. The zero-order valence-corrected chi connectivity index (χ0v) is 18.6. The van der Waals surface area contributed by atoms with Crippen LogP contribution in [0.5, 0.6) is 0 Å². The topological polar surface area (TPSA) is 113 Å². The molecule has 0 aliphatic heterocycles. The van der Waals surface area contributed by atoms with Crippen LogP contribution in [0.1, 0.15) is 71.1 Å². The van der Waals surface area contributed by atoms with Crippen LogP contribution < -0.4 is 10.6 Å². The molecule has 2 amide bonds. The van der Waals surface area contributed by atoms with Gasteiger partial charge in [-0.1, -0.05) is 51.5 Å². The molecular weight excluding hydrogens is 404 g/mol. The van der Waals surface area contributed by atoms with Gasteiger partial charge in [-0.25, -0.2) is 0 Å². The van der Waals surface area contributed by atoms with Gasteiger partial charge in [-0.2, -0.15) is 8.42 Å². The van der Waals surface area contributed by atoms with Gasteiger partial charge in [0.25, 0.3) is 10.1 Å². The Morgan fingerprint density at radius 3 is 1.90 bits per heavy atom. The maximum atomic E-state index is 11.9. The van der Waals surface area contributed by atoms with E-state index in [9.17, 15) is 18.0 Å². The third-order valence-corrected chi connectivity index (χ3v) is 5.56. The third-order valence-electron chi connectivity index (χ3n) is 4.69. The first-order chi connectivity index (χ1) is 14.2. The molecule has 1 aromatic carbocycles. The quantitative estimate of drug-likeness (QED) is 0.212. The molecule has 1 aromatic rings. The van der Waals surface area contributed by atoms with E-state index in [-0.39, 0.29) is 16.7 Å². The number of anilines is 1. The van der Waals surface area contributed by atoms with E-state index in [0.717, 1.165) is 38.5 Å². The Morgan fingerprint density at radius 1 is 0.900 bits per heavy atom. The van der Waals surface area contributed by atoms with E-state index < -0.39 is 10.1 Å². The van der Waals surface area contributed by atoms with Crippen molar-refractivity contribution in [2.75, 3.05) is 11.9 Å². The highest BCUT2D eigenvalue weighted by atomic mass is 32.2. The molecule has 0 atom stereocenters. The monoisotopic (exact) mass is 438 g/mol. The fourth-order valence-corrected chi connectivity index (χ4v) is 3.41. The smallest absolute Gasteiger partial charge is 0.294 e. The summed E-state index contributed by atoms with van der Waals surface area (Å²) in [7, 11) is -4.22. The molecule has 0 aliphatic rings. The van der Waals surface area contributed by atoms with Crippen molar-refractivity contribution in [1.29, 1.82) is 0 Å². The lowest BCUT2D eigenvalue weighted by molar-refractivity contribution is -0.117. The van der Waals surface area contributed by atoms with Gasteiger partial charge in [-0.3, -0.25) is 14.1 Å². The van der Waals surface area contributed by atoms with E-state index >= 15 is 0 Å². The summed E-state index contributed by atoms with van der Waals surface area (Å²) in [6.07, 6.45) is 10.2. The SMILES string of the molecule is C=C(C)C(=O)NCCCCCCCCCCCC(=O)Nc1ccc(S(=O)(=O)O)cc1. The van der Waals surface area contributed by atoms with Gasteiger partial charge in [0, 0.05) is 24.2 Å². The summed E-state index contributed by atoms with van der Waals surface area (Å²) in [5.41, 5.74) is 1.05. The minimum Gasteiger partial charge on any atom is -0.352 e. The van der Waals surface area contributed by atoms with E-state index in [0.29, 0.717) is 24.2 Å². The van der Waals surface area contributed by atoms with Crippen LogP contribution in [0.15, 0.2) is 41.3 Å². The molecule has 3 N–H and O–H groups in total. The van der Waals surface area contributed by atoms with Gasteiger partial charge in [-0.15, -0.1) is 0 Å². The highest BCUT2D eigenvalue weighted by molar-refractivity contribution is 7.85. The second kappa shape index (κ2) is 13.9. The third kappa shape index (κ3) is 11.7. The predicted octanol–water partition coefficient (Wildman–Crippen LogP) is 4.47. The minimum absolute atomic E-state index is 0.0706. The average Bonchev–Trinajstić information content (AvgIpc) is 2.68. The van der Waals surface area contributed by atoms with E-state index in [1.165, 1.54) is 43.5 Å². The van der Waals surface area contributed by atoms with Gasteiger partial charge < -0.3 is 10.6 Å². The highest BCUT2D eigenvalue weighted by Crippen LogP contribution is 2.15. The van der Waals surface area contributed by atoms with Gasteiger partial charge in [-0.05, 0) is 44.0 Å². The van der Waals surface area contributed by atoms with Crippen molar-refractivity contribution in [2.24, 2.45) is 0 Å². The molecule has 0 heterocycles. The first-order valence-electron chi connectivity index (χ1n) is 10.5. The molecule has 0 bridgehead atoms. The number of carbonyl (C=O) groups is 2. The van der Waals surface area contributed by atoms with Gasteiger partial charge in [0.15, 0.2) is 0 Å². The molecule has 0 spiro atoms. The maximum absolute atomic E-state index is 11.9. The second-order valence-electron chi connectivity index (χ2n) is 7.52. The van der Waals surface area contributed by atoms with Crippen LogP contribution >= 0.6 is 0 Å². The summed E-state index contributed by atoms with van der Waals surface area (Å²) in [6, 6.07) is 5.41. The molecule has 0 radical (unpaired) electrons. The minimum atomic E-state index is -4.22. The molecule has 168 valence electrons. The summed E-state index contributed by atoms with van der Waals surface area (Å²) in [6.45, 7) is 6.01. The first-order valence-corrected chi connectivity index (χ1v) is 12.0. The molecule has 0 aliphatic carbocycles. The molecule has 0 aromatic heterocycles. The van der Waals surface area contributed by atoms with Gasteiger partial charge in [0.2, 0.25) is 11.8 Å². The lowest BCUT2D eigenvalue weighted by atomic mass is 10.1. The molecule has 0 unspecified atom stereocenters. The van der Waals surface area contributed by atoms with Crippen molar-refractivity contribution in [1.82, 2.24) is 5.32 Å². The van der Waals surface area contributed by atoms with Crippen LogP contribution in [-0.4, -0.2) is 31.3 Å². The van der Waals surface area contributed by atoms with Crippen molar-refractivity contribution < 1.29 is 22.6 Å². The summed E-state index contributed by atoms with van der Waals surface area (Å²) >= 11 is 0. The van der Waals surface area contributed by atoms with Crippen molar-refractivity contribution in [3.8, 4) is 0 Å². The number of hydrogen-bond acceptors (Lipinski definition) is 4. The lowest BCUT2D eigenvalue weighted by Crippen LogP contribution is -2.24. The zero-order valence-electron chi connectivity index (χ0n) is 17.8. The Labute approximate surface area is 180 Å². The lowest BCUT2D eigenvalue weighted by Gasteiger charge is -2.06. The van der Waals surface area contributed by atoms with E-state index in [1.807, 2.05) is 0 Å². The number of carbonyl (C=O) groups excluding carboxylic acids is 2. The number of rotatable bonds is 15. The Kier molecular flexibility index (Phi) is 12.0. The number of benzene rings is 1. The number of nitrogens with one attached hydrogen (secondary N) is 2. The van der Waals surface area contributed by atoms with Crippen molar-refractivity contribution >= 4 is 27.6 Å². The highest BCUT2D eigenvalue weighted by Gasteiger charge is 2.09. The number of amides is 2. The zero-order chi connectivity index (χ0) is 22.4. The van der Waals surface area contributed by atoms with Crippen molar-refractivity contribution in [2.45, 2.75) is 76.0 Å². The summed E-state index contributed by atoms with van der Waals surface area (Å²) in [5.74, 6) is -0.174. The second-order valence-corrected chi connectivity index (χ2v) is 8.94. The molecule has 8 heteroatoms. The van der Waals surface area contributed by atoms with Gasteiger partial charge in [0.05, 0.1) is 4.90 Å². The molecule has 30 heavy (non-hydrogen) atoms. The summed E-state index contributed by atoms with van der Waals surface area (Å²) < 4.78 is 30.9. The molecule has 0 fully saturated rings. The van der Waals surface area contributed by atoms with Gasteiger partial charge >= 0.3 is 0 Å². The summed E-state index contributed by atoms with van der Waals surface area (Å²) in [5, 5.41) is 5.56. The van der Waals surface area contributed by atoms with Crippen LogP contribution in [0.3, 0.4) is 0 Å². The Morgan fingerprint density at radius 2 is 1.40 bits per heavy atom. The number of hydrogen-bond donors (Lipinski definition) is 3. The average molecular weight is 439 g/mol. The molecule has 1 rings (SSSR count). The van der Waals surface area contributed by atoms with Gasteiger partial charge in [0.1, 0.15) is 0 Å². The fourth-order valence-electron chi connectivity index (χ4n) is 2.93. The molecule has 7 nitrogen and oxygen atoms in total. The van der Waals surface area contributed by atoms with E-state index in [2.05, 4.69) is 17.2 Å². The molecular formula is C22H34N2O5S. The first kappa shape index (κ1) is 25.8. The molecule has 0 saturated carbocycles. The Hall–Kier alpha value is -2.19. The van der Waals surface area contributed by atoms with Crippen LogP contribution in [-0.2, 0) is 19.7 Å².